The predicted molar refractivity (Wildman–Crippen MR) is 69.4 cm³/mol. The van der Waals surface area contributed by atoms with Gasteiger partial charge < -0.3 is 10.6 Å². The van der Waals surface area contributed by atoms with E-state index in [9.17, 15) is 0 Å². The van der Waals surface area contributed by atoms with E-state index >= 15 is 0 Å². The SMILES string of the molecule is CCCCCCCCCNCCCNC. The lowest BCUT2D eigenvalue weighted by atomic mass is 10.1. The molecule has 0 aromatic carbocycles. The molecule has 0 unspecified atom stereocenters. The molecule has 0 aromatic heterocycles. The Morgan fingerprint density at radius 3 is 1.93 bits per heavy atom. The minimum atomic E-state index is 1.13. The van der Waals surface area contributed by atoms with Crippen molar-refractivity contribution in [2.45, 2.75) is 58.3 Å². The summed E-state index contributed by atoms with van der Waals surface area (Å²) in [5.41, 5.74) is 0. The molecule has 0 bridgehead atoms. The summed E-state index contributed by atoms with van der Waals surface area (Å²) in [6.45, 7) is 5.77. The van der Waals surface area contributed by atoms with Crippen LogP contribution >= 0.6 is 0 Å². The normalized spacial score (nSPS) is 10.8. The summed E-state index contributed by atoms with van der Waals surface area (Å²) in [6, 6.07) is 0. The smallest absolute Gasteiger partial charge is 0.00368 e. The summed E-state index contributed by atoms with van der Waals surface area (Å²) in [5, 5.41) is 6.64. The molecule has 0 rings (SSSR count). The van der Waals surface area contributed by atoms with Crippen molar-refractivity contribution in [2.24, 2.45) is 0 Å². The number of unbranched alkanes of at least 4 members (excludes halogenated alkanes) is 6. The molecule has 0 amide bonds. The van der Waals surface area contributed by atoms with Gasteiger partial charge in [0.25, 0.3) is 0 Å². The fourth-order valence-electron chi connectivity index (χ4n) is 1.72. The first kappa shape index (κ1) is 14.9. The Balaban J connectivity index is 2.81. The van der Waals surface area contributed by atoms with E-state index in [1.165, 1.54) is 57.9 Å². The molecule has 0 heterocycles. The van der Waals surface area contributed by atoms with Gasteiger partial charge in [-0.05, 0) is 39.5 Å². The molecule has 2 N–H and O–H groups in total. The molecule has 0 aliphatic carbocycles. The van der Waals surface area contributed by atoms with E-state index in [-0.39, 0.29) is 0 Å². The first-order chi connectivity index (χ1) is 7.41. The third-order valence-electron chi connectivity index (χ3n) is 2.74. The Hall–Kier alpha value is -0.0800. The quantitative estimate of drug-likeness (QED) is 0.488. The third-order valence-corrected chi connectivity index (χ3v) is 2.74. The Labute approximate surface area is 96.2 Å². The molecular formula is C13H30N2. The zero-order valence-electron chi connectivity index (χ0n) is 10.8. The van der Waals surface area contributed by atoms with Gasteiger partial charge in [0, 0.05) is 0 Å². The van der Waals surface area contributed by atoms with Crippen molar-refractivity contribution in [1.82, 2.24) is 10.6 Å². The molecule has 0 saturated heterocycles. The van der Waals surface area contributed by atoms with E-state index < -0.39 is 0 Å². The molecule has 0 atom stereocenters. The molecular weight excluding hydrogens is 184 g/mol. The van der Waals surface area contributed by atoms with Crippen LogP contribution in [0.2, 0.25) is 0 Å². The maximum absolute atomic E-state index is 3.48. The summed E-state index contributed by atoms with van der Waals surface area (Å²) in [7, 11) is 2.01. The third kappa shape index (κ3) is 13.9. The Bertz CT molecular complexity index is 92.7. The second-order valence-electron chi connectivity index (χ2n) is 4.33. The number of hydrogen-bond donors (Lipinski definition) is 2. The van der Waals surface area contributed by atoms with Crippen LogP contribution in [0.15, 0.2) is 0 Å². The van der Waals surface area contributed by atoms with Crippen molar-refractivity contribution in [3.05, 3.63) is 0 Å². The molecule has 0 fully saturated rings. The van der Waals surface area contributed by atoms with Gasteiger partial charge in [-0.1, -0.05) is 45.4 Å². The molecule has 0 spiro atoms. The van der Waals surface area contributed by atoms with Crippen LogP contribution in [0.25, 0.3) is 0 Å². The largest absolute Gasteiger partial charge is 0.320 e. The van der Waals surface area contributed by atoms with Crippen LogP contribution in [0.4, 0.5) is 0 Å². The van der Waals surface area contributed by atoms with E-state index in [4.69, 9.17) is 0 Å². The summed E-state index contributed by atoms with van der Waals surface area (Å²) in [6.07, 6.45) is 11.1. The summed E-state index contributed by atoms with van der Waals surface area (Å²) >= 11 is 0. The van der Waals surface area contributed by atoms with E-state index in [1.807, 2.05) is 7.05 Å². The van der Waals surface area contributed by atoms with Crippen LogP contribution in [0.3, 0.4) is 0 Å². The van der Waals surface area contributed by atoms with Crippen LogP contribution in [-0.4, -0.2) is 26.7 Å². The van der Waals surface area contributed by atoms with E-state index in [1.54, 1.807) is 0 Å². The molecule has 0 aliphatic heterocycles. The highest BCUT2D eigenvalue weighted by atomic mass is 14.9. The summed E-state index contributed by atoms with van der Waals surface area (Å²) in [5.74, 6) is 0. The highest BCUT2D eigenvalue weighted by Gasteiger charge is 1.91. The van der Waals surface area contributed by atoms with Crippen LogP contribution in [0.1, 0.15) is 58.3 Å². The molecule has 0 radical (unpaired) electrons. The van der Waals surface area contributed by atoms with Gasteiger partial charge in [0.1, 0.15) is 0 Å². The van der Waals surface area contributed by atoms with Gasteiger partial charge in [0.15, 0.2) is 0 Å². The van der Waals surface area contributed by atoms with E-state index in [2.05, 4.69) is 17.6 Å². The van der Waals surface area contributed by atoms with Crippen LogP contribution in [0, 0.1) is 0 Å². The summed E-state index contributed by atoms with van der Waals surface area (Å²) in [4.78, 5) is 0. The molecule has 92 valence electrons. The second-order valence-corrected chi connectivity index (χ2v) is 4.33. The van der Waals surface area contributed by atoms with Gasteiger partial charge in [-0.3, -0.25) is 0 Å². The molecule has 0 aliphatic rings. The van der Waals surface area contributed by atoms with Gasteiger partial charge in [-0.2, -0.15) is 0 Å². The van der Waals surface area contributed by atoms with Crippen molar-refractivity contribution >= 4 is 0 Å². The van der Waals surface area contributed by atoms with Crippen molar-refractivity contribution in [2.75, 3.05) is 26.7 Å². The summed E-state index contributed by atoms with van der Waals surface area (Å²) < 4.78 is 0. The first-order valence-electron chi connectivity index (χ1n) is 6.77. The minimum Gasteiger partial charge on any atom is -0.320 e. The highest BCUT2D eigenvalue weighted by molar-refractivity contribution is 4.51. The fraction of sp³-hybridized carbons (Fsp3) is 1.00. The second kappa shape index (κ2) is 13.9. The number of nitrogens with one attached hydrogen (secondary N) is 2. The van der Waals surface area contributed by atoms with E-state index in [0.717, 1.165) is 13.1 Å². The number of rotatable bonds is 12. The van der Waals surface area contributed by atoms with Gasteiger partial charge in [-0.15, -0.1) is 0 Å². The molecule has 0 aromatic rings. The minimum absolute atomic E-state index is 1.13. The lowest BCUT2D eigenvalue weighted by molar-refractivity contribution is 0.553. The fourth-order valence-corrected chi connectivity index (χ4v) is 1.72. The standard InChI is InChI=1S/C13H30N2/c1-3-4-5-6-7-8-9-12-15-13-10-11-14-2/h14-15H,3-13H2,1-2H3. The van der Waals surface area contributed by atoms with Crippen LogP contribution in [0.5, 0.6) is 0 Å². The number of hydrogen-bond acceptors (Lipinski definition) is 2. The topological polar surface area (TPSA) is 24.1 Å². The van der Waals surface area contributed by atoms with Gasteiger partial charge >= 0.3 is 0 Å². The zero-order valence-corrected chi connectivity index (χ0v) is 10.8. The van der Waals surface area contributed by atoms with E-state index in [0.29, 0.717) is 0 Å². The average molecular weight is 214 g/mol. The van der Waals surface area contributed by atoms with Gasteiger partial charge in [0.05, 0.1) is 0 Å². The molecule has 2 nitrogen and oxygen atoms in total. The predicted octanol–water partition coefficient (Wildman–Crippen LogP) is 2.94. The Kier molecular flexibility index (Phi) is 13.8. The van der Waals surface area contributed by atoms with Crippen molar-refractivity contribution in [3.8, 4) is 0 Å². The van der Waals surface area contributed by atoms with Crippen LogP contribution in [-0.2, 0) is 0 Å². The highest BCUT2D eigenvalue weighted by Crippen LogP contribution is 2.06. The molecule has 15 heavy (non-hydrogen) atoms. The Morgan fingerprint density at radius 1 is 0.667 bits per heavy atom. The average Bonchev–Trinajstić information content (AvgIpc) is 2.26. The lowest BCUT2D eigenvalue weighted by Gasteiger charge is -2.04. The molecule has 0 saturated carbocycles. The maximum atomic E-state index is 3.48. The van der Waals surface area contributed by atoms with Crippen molar-refractivity contribution in [1.29, 1.82) is 0 Å². The maximum Gasteiger partial charge on any atom is -0.00368 e. The van der Waals surface area contributed by atoms with Crippen LogP contribution < -0.4 is 10.6 Å². The molecule has 2 heteroatoms. The first-order valence-corrected chi connectivity index (χ1v) is 6.77. The lowest BCUT2D eigenvalue weighted by Crippen LogP contribution is -2.20. The Morgan fingerprint density at radius 2 is 1.27 bits per heavy atom. The van der Waals surface area contributed by atoms with Crippen molar-refractivity contribution in [3.63, 3.8) is 0 Å². The monoisotopic (exact) mass is 214 g/mol. The van der Waals surface area contributed by atoms with Crippen molar-refractivity contribution < 1.29 is 0 Å². The van der Waals surface area contributed by atoms with Gasteiger partial charge in [-0.25, -0.2) is 0 Å². The van der Waals surface area contributed by atoms with Gasteiger partial charge in [0.2, 0.25) is 0 Å². The zero-order chi connectivity index (χ0) is 11.2.